The number of alkyl carbamates (subject to hydrolysis) is 1. The molecule has 0 aliphatic carbocycles. The zero-order valence-electron chi connectivity index (χ0n) is 15.4. The smallest absolute Gasteiger partial charge is 0.407 e. The van der Waals surface area contributed by atoms with Gasteiger partial charge < -0.3 is 30.1 Å². The van der Waals surface area contributed by atoms with Crippen molar-refractivity contribution in [2.75, 3.05) is 13.7 Å². The Kier molecular flexibility index (Phi) is 7.79. The fraction of sp³-hybridized carbons (Fsp3) is 0.300. The maximum absolute atomic E-state index is 11.7. The monoisotopic (exact) mass is 389 g/mol. The molecular weight excluding hydrogens is 366 g/mol. The summed E-state index contributed by atoms with van der Waals surface area (Å²) in [6.45, 7) is 0.184. The third kappa shape index (κ3) is 5.97. The molecule has 0 saturated carbocycles. The van der Waals surface area contributed by atoms with Crippen LogP contribution in [-0.2, 0) is 11.3 Å². The minimum atomic E-state index is -1.38. The van der Waals surface area contributed by atoms with Crippen LogP contribution < -0.4 is 10.1 Å². The van der Waals surface area contributed by atoms with E-state index in [4.69, 9.17) is 14.6 Å². The fourth-order valence-electron chi connectivity index (χ4n) is 2.56. The van der Waals surface area contributed by atoms with E-state index in [1.54, 1.807) is 0 Å². The minimum Gasteiger partial charge on any atom is -0.496 e. The topological polar surface area (TPSA) is 125 Å². The molecule has 2 aromatic rings. The highest BCUT2D eigenvalue weighted by atomic mass is 16.5. The Morgan fingerprint density at radius 2 is 1.82 bits per heavy atom. The zero-order chi connectivity index (χ0) is 20.5. The number of hydrogen-bond acceptors (Lipinski definition) is 6. The van der Waals surface area contributed by atoms with E-state index in [0.717, 1.165) is 5.56 Å². The number of aliphatic hydroxyl groups is 2. The van der Waals surface area contributed by atoms with Crippen molar-refractivity contribution in [1.29, 1.82) is 0 Å². The molecule has 8 heteroatoms. The maximum atomic E-state index is 11.7. The van der Waals surface area contributed by atoms with E-state index >= 15 is 0 Å². The summed E-state index contributed by atoms with van der Waals surface area (Å²) >= 11 is 0. The van der Waals surface area contributed by atoms with Gasteiger partial charge in [-0.15, -0.1) is 0 Å². The Labute approximate surface area is 162 Å². The van der Waals surface area contributed by atoms with Crippen LogP contribution in [0.2, 0.25) is 0 Å². The largest absolute Gasteiger partial charge is 0.496 e. The van der Waals surface area contributed by atoms with Crippen LogP contribution in [0.4, 0.5) is 4.79 Å². The minimum absolute atomic E-state index is 0.0298. The second-order valence-corrected chi connectivity index (χ2v) is 6.05. The highest BCUT2D eigenvalue weighted by molar-refractivity contribution is 5.88. The Hall–Kier alpha value is -3.10. The van der Waals surface area contributed by atoms with Gasteiger partial charge in [0.25, 0.3) is 0 Å². The SMILES string of the molecule is COc1ccc(C(=O)O)cc1C(O)C(O)CCNC(=O)OCc1ccccc1. The number of carbonyl (C=O) groups is 2. The van der Waals surface area contributed by atoms with Crippen molar-refractivity contribution in [3.8, 4) is 5.75 Å². The van der Waals surface area contributed by atoms with E-state index in [9.17, 15) is 19.8 Å². The molecule has 2 atom stereocenters. The number of methoxy groups -OCH3 is 1. The van der Waals surface area contributed by atoms with E-state index in [0.29, 0.717) is 0 Å². The van der Waals surface area contributed by atoms with Crippen LogP contribution in [0.15, 0.2) is 48.5 Å². The second-order valence-electron chi connectivity index (χ2n) is 6.05. The summed E-state index contributed by atoms with van der Waals surface area (Å²) in [4.78, 5) is 22.8. The van der Waals surface area contributed by atoms with Crippen LogP contribution in [0.5, 0.6) is 5.75 Å². The molecule has 4 N–H and O–H groups in total. The number of hydrogen-bond donors (Lipinski definition) is 4. The second kappa shape index (κ2) is 10.3. The van der Waals surface area contributed by atoms with Gasteiger partial charge in [-0.2, -0.15) is 0 Å². The van der Waals surface area contributed by atoms with Gasteiger partial charge in [-0.05, 0) is 30.2 Å². The van der Waals surface area contributed by atoms with Crippen LogP contribution in [0, 0.1) is 0 Å². The summed E-state index contributed by atoms with van der Waals surface area (Å²) in [6.07, 6.45) is -3.23. The third-order valence-electron chi connectivity index (χ3n) is 4.08. The summed E-state index contributed by atoms with van der Waals surface area (Å²) in [7, 11) is 1.38. The molecule has 150 valence electrons. The molecule has 0 aliphatic rings. The molecule has 2 aromatic carbocycles. The lowest BCUT2D eigenvalue weighted by atomic mass is 9.99. The van der Waals surface area contributed by atoms with Crippen LogP contribution >= 0.6 is 0 Å². The van der Waals surface area contributed by atoms with Gasteiger partial charge in [0.2, 0.25) is 0 Å². The Bertz CT molecular complexity index is 794. The number of rotatable bonds is 9. The Morgan fingerprint density at radius 1 is 1.11 bits per heavy atom. The molecule has 0 aromatic heterocycles. The Balaban J connectivity index is 1.85. The number of amides is 1. The molecule has 0 saturated heterocycles. The average Bonchev–Trinajstić information content (AvgIpc) is 2.71. The van der Waals surface area contributed by atoms with Gasteiger partial charge in [-0.25, -0.2) is 9.59 Å². The molecule has 0 fully saturated rings. The lowest BCUT2D eigenvalue weighted by molar-refractivity contribution is 0.0122. The van der Waals surface area contributed by atoms with Crippen LogP contribution in [0.1, 0.15) is 34.0 Å². The molecule has 1 amide bonds. The highest BCUT2D eigenvalue weighted by Crippen LogP contribution is 2.29. The lowest BCUT2D eigenvalue weighted by Gasteiger charge is -2.20. The summed E-state index contributed by atoms with van der Waals surface area (Å²) in [5, 5.41) is 32.1. The molecule has 0 heterocycles. The summed E-state index contributed by atoms with van der Waals surface area (Å²) in [6, 6.07) is 13.2. The van der Waals surface area contributed by atoms with Crippen LogP contribution in [0.3, 0.4) is 0 Å². The number of carbonyl (C=O) groups excluding carboxylic acids is 1. The van der Waals surface area contributed by atoms with Gasteiger partial charge in [0.05, 0.1) is 18.8 Å². The predicted octanol–water partition coefficient (Wildman–Crippen LogP) is 2.10. The molecule has 2 unspecified atom stereocenters. The van der Waals surface area contributed by atoms with Crippen molar-refractivity contribution in [1.82, 2.24) is 5.32 Å². The fourth-order valence-corrected chi connectivity index (χ4v) is 2.56. The summed E-state index contributed by atoms with van der Waals surface area (Å²) in [5.74, 6) is -0.903. The highest BCUT2D eigenvalue weighted by Gasteiger charge is 2.23. The molecule has 0 spiro atoms. The quantitative estimate of drug-likeness (QED) is 0.517. The summed E-state index contributed by atoms with van der Waals surface area (Å²) < 4.78 is 10.2. The Morgan fingerprint density at radius 3 is 2.46 bits per heavy atom. The first-order valence-corrected chi connectivity index (χ1v) is 8.64. The number of carboxylic acids is 1. The molecule has 0 radical (unpaired) electrons. The van der Waals surface area contributed by atoms with Crippen LogP contribution in [0.25, 0.3) is 0 Å². The van der Waals surface area contributed by atoms with Gasteiger partial charge in [0.15, 0.2) is 0 Å². The number of ether oxygens (including phenoxy) is 2. The number of aliphatic hydroxyl groups excluding tert-OH is 2. The van der Waals surface area contributed by atoms with Crippen LogP contribution in [-0.4, -0.2) is 47.1 Å². The first-order chi connectivity index (χ1) is 13.4. The number of aromatic carboxylic acids is 1. The molecule has 0 bridgehead atoms. The molecular formula is C20H23NO7. The van der Waals surface area contributed by atoms with Gasteiger partial charge in [-0.1, -0.05) is 30.3 Å². The summed E-state index contributed by atoms with van der Waals surface area (Å²) in [5.41, 5.74) is 0.963. The van der Waals surface area contributed by atoms with E-state index in [2.05, 4.69) is 5.32 Å². The standard InChI is InChI=1S/C20H23NO7/c1-27-17-8-7-14(19(24)25)11-15(17)18(23)16(22)9-10-21-20(26)28-12-13-5-3-2-4-6-13/h2-8,11,16,18,22-23H,9-10,12H2,1H3,(H,21,26)(H,24,25). The van der Waals surface area contributed by atoms with Gasteiger partial charge in [0, 0.05) is 12.1 Å². The molecule has 0 aliphatic heterocycles. The number of nitrogens with one attached hydrogen (secondary N) is 1. The van der Waals surface area contributed by atoms with Gasteiger partial charge in [0.1, 0.15) is 18.5 Å². The average molecular weight is 389 g/mol. The first kappa shape index (κ1) is 21.2. The molecule has 2 rings (SSSR count). The molecule has 28 heavy (non-hydrogen) atoms. The van der Waals surface area contributed by atoms with Gasteiger partial charge in [-0.3, -0.25) is 0 Å². The number of carboxylic acid groups (broad SMARTS) is 1. The maximum Gasteiger partial charge on any atom is 0.407 e. The van der Waals surface area contributed by atoms with E-state index in [1.165, 1.54) is 25.3 Å². The van der Waals surface area contributed by atoms with Crippen molar-refractivity contribution in [2.24, 2.45) is 0 Å². The van der Waals surface area contributed by atoms with Crippen molar-refractivity contribution >= 4 is 12.1 Å². The van der Waals surface area contributed by atoms with Crippen molar-refractivity contribution in [2.45, 2.75) is 25.2 Å². The van der Waals surface area contributed by atoms with E-state index < -0.39 is 24.3 Å². The van der Waals surface area contributed by atoms with Crippen molar-refractivity contribution in [3.63, 3.8) is 0 Å². The zero-order valence-corrected chi connectivity index (χ0v) is 15.4. The van der Waals surface area contributed by atoms with Crippen molar-refractivity contribution < 1.29 is 34.4 Å². The lowest BCUT2D eigenvalue weighted by Crippen LogP contribution is -2.30. The first-order valence-electron chi connectivity index (χ1n) is 8.64. The van der Waals surface area contributed by atoms with E-state index in [1.807, 2.05) is 30.3 Å². The predicted molar refractivity (Wildman–Crippen MR) is 100 cm³/mol. The van der Waals surface area contributed by atoms with Crippen molar-refractivity contribution in [3.05, 3.63) is 65.2 Å². The van der Waals surface area contributed by atoms with Gasteiger partial charge >= 0.3 is 12.1 Å². The number of benzene rings is 2. The molecule has 8 nitrogen and oxygen atoms in total. The van der Waals surface area contributed by atoms with E-state index in [-0.39, 0.29) is 36.4 Å². The third-order valence-corrected chi connectivity index (χ3v) is 4.08. The normalized spacial score (nSPS) is 12.7.